The lowest BCUT2D eigenvalue weighted by molar-refractivity contribution is 0.375. The number of hydrogen-bond donors (Lipinski definition) is 2. The number of aryl methyl sites for hydroxylation is 1. The quantitative estimate of drug-likeness (QED) is 0.638. The van der Waals surface area contributed by atoms with E-state index in [4.69, 9.17) is 10.3 Å². The molecule has 0 fully saturated rings. The topological polar surface area (TPSA) is 85.2 Å². The van der Waals surface area contributed by atoms with Gasteiger partial charge in [0.15, 0.2) is 5.82 Å². The number of rotatable bonds is 4. The van der Waals surface area contributed by atoms with Crippen LogP contribution in [0.5, 0.6) is 5.75 Å². The molecule has 2 aromatic rings. The van der Waals surface area contributed by atoms with Gasteiger partial charge in [0.1, 0.15) is 5.75 Å². The molecule has 1 heterocycles. The van der Waals surface area contributed by atoms with E-state index in [0.717, 1.165) is 18.4 Å². The van der Waals surface area contributed by atoms with E-state index in [9.17, 15) is 5.11 Å². The minimum absolute atomic E-state index is 0.0805. The van der Waals surface area contributed by atoms with Crippen molar-refractivity contribution in [2.45, 2.75) is 19.8 Å². The molecule has 0 aliphatic heterocycles. The Morgan fingerprint density at radius 3 is 2.94 bits per heavy atom. The maximum absolute atomic E-state index is 9.30. The fraction of sp³-hybridized carbons (Fsp3) is 0.231. The minimum atomic E-state index is 0.0805. The lowest BCUT2D eigenvalue weighted by Crippen LogP contribution is -1.86. The highest BCUT2D eigenvalue weighted by molar-refractivity contribution is 5.70. The van der Waals surface area contributed by atoms with Gasteiger partial charge >= 0.3 is 0 Å². The van der Waals surface area contributed by atoms with Gasteiger partial charge in [0.25, 0.3) is 0 Å². The van der Waals surface area contributed by atoms with E-state index >= 15 is 0 Å². The van der Waals surface area contributed by atoms with E-state index in [1.54, 1.807) is 24.3 Å². The van der Waals surface area contributed by atoms with Gasteiger partial charge in [0.05, 0.1) is 5.69 Å². The van der Waals surface area contributed by atoms with Gasteiger partial charge in [-0.05, 0) is 30.2 Å². The number of nitrogen functional groups attached to an aromatic ring is 1. The smallest absolute Gasteiger partial charge is 0.226 e. The molecule has 0 amide bonds. The Kier molecular flexibility index (Phi) is 3.62. The fourth-order valence-electron chi connectivity index (χ4n) is 1.50. The molecule has 2 rings (SSSR count). The summed E-state index contributed by atoms with van der Waals surface area (Å²) in [5.74, 6) is 1.25. The van der Waals surface area contributed by atoms with Crippen LogP contribution in [0.1, 0.15) is 30.6 Å². The number of hydrogen-bond acceptors (Lipinski definition) is 5. The van der Waals surface area contributed by atoms with Gasteiger partial charge in [0, 0.05) is 6.42 Å². The predicted octanol–water partition coefficient (Wildman–Crippen LogP) is 2.48. The first-order valence-electron chi connectivity index (χ1n) is 5.78. The number of phenolic OH excluding ortho intramolecular Hbond substituents is 1. The van der Waals surface area contributed by atoms with Crippen molar-refractivity contribution >= 4 is 17.8 Å². The van der Waals surface area contributed by atoms with Crippen LogP contribution in [0.2, 0.25) is 0 Å². The lowest BCUT2D eigenvalue weighted by atomic mass is 10.2. The second kappa shape index (κ2) is 5.35. The molecule has 1 aromatic heterocycles. The number of benzene rings is 1. The summed E-state index contributed by atoms with van der Waals surface area (Å²) in [5, 5.41) is 13.1. The number of nitrogens with two attached hydrogens (primary N) is 1. The molecule has 3 N–H and O–H groups in total. The summed E-state index contributed by atoms with van der Waals surface area (Å²) in [4.78, 5) is 4.21. The Hall–Kier alpha value is -2.30. The van der Waals surface area contributed by atoms with Crippen molar-refractivity contribution in [3.8, 4) is 5.75 Å². The Morgan fingerprint density at radius 2 is 2.22 bits per heavy atom. The van der Waals surface area contributed by atoms with Gasteiger partial charge in [-0.3, -0.25) is 0 Å². The lowest BCUT2D eigenvalue weighted by Gasteiger charge is -1.98. The fourth-order valence-corrected chi connectivity index (χ4v) is 1.50. The highest BCUT2D eigenvalue weighted by atomic mass is 16.5. The number of aromatic nitrogens is 2. The molecule has 0 aliphatic carbocycles. The molecule has 0 radical (unpaired) electrons. The molecule has 0 unspecified atom stereocenters. The van der Waals surface area contributed by atoms with Crippen molar-refractivity contribution in [1.82, 2.24) is 10.1 Å². The molecular weight excluding hydrogens is 230 g/mol. The van der Waals surface area contributed by atoms with Crippen molar-refractivity contribution < 1.29 is 9.63 Å². The number of aromatic hydroxyl groups is 1. The maximum atomic E-state index is 9.30. The third kappa shape index (κ3) is 2.88. The molecule has 0 atom stereocenters. The highest BCUT2D eigenvalue weighted by Crippen LogP contribution is 2.21. The zero-order valence-corrected chi connectivity index (χ0v) is 10.1. The van der Waals surface area contributed by atoms with Crippen molar-refractivity contribution in [1.29, 1.82) is 0 Å². The van der Waals surface area contributed by atoms with E-state index in [1.807, 2.05) is 6.08 Å². The van der Waals surface area contributed by atoms with E-state index in [0.29, 0.717) is 17.4 Å². The first-order chi connectivity index (χ1) is 8.69. The normalized spacial score (nSPS) is 11.2. The van der Waals surface area contributed by atoms with Crippen molar-refractivity contribution in [2.75, 3.05) is 5.73 Å². The Labute approximate surface area is 105 Å². The van der Waals surface area contributed by atoms with Crippen molar-refractivity contribution in [3.63, 3.8) is 0 Å². The van der Waals surface area contributed by atoms with Crippen molar-refractivity contribution in [2.24, 2.45) is 0 Å². The summed E-state index contributed by atoms with van der Waals surface area (Å²) in [6.45, 7) is 2.05. The second-order valence-corrected chi connectivity index (χ2v) is 3.95. The Bertz CT molecular complexity index is 561. The van der Waals surface area contributed by atoms with Crippen LogP contribution in [-0.4, -0.2) is 15.2 Å². The van der Waals surface area contributed by atoms with Gasteiger partial charge in [-0.2, -0.15) is 4.98 Å². The van der Waals surface area contributed by atoms with E-state index in [2.05, 4.69) is 17.1 Å². The molecule has 94 valence electrons. The third-order valence-electron chi connectivity index (χ3n) is 2.42. The molecule has 0 spiro atoms. The highest BCUT2D eigenvalue weighted by Gasteiger charge is 2.02. The SMILES string of the molecule is CCCc1nc(/C=C/c2ccc(O)c(N)c2)no1. The summed E-state index contributed by atoms with van der Waals surface area (Å²) in [6.07, 6.45) is 5.32. The maximum Gasteiger partial charge on any atom is 0.226 e. The van der Waals surface area contributed by atoms with Crippen LogP contribution in [0.4, 0.5) is 5.69 Å². The Morgan fingerprint density at radius 1 is 1.39 bits per heavy atom. The molecule has 1 aromatic carbocycles. The van der Waals surface area contributed by atoms with Crippen LogP contribution in [-0.2, 0) is 6.42 Å². The standard InChI is InChI=1S/C13H15N3O2/c1-2-3-13-15-12(16-18-13)7-5-9-4-6-11(17)10(14)8-9/h4-8,17H,2-3,14H2,1H3/b7-5+. The minimum Gasteiger partial charge on any atom is -0.506 e. The monoisotopic (exact) mass is 245 g/mol. The molecule has 0 saturated heterocycles. The molecular formula is C13H15N3O2. The van der Waals surface area contributed by atoms with Gasteiger partial charge in [-0.15, -0.1) is 0 Å². The largest absolute Gasteiger partial charge is 0.506 e. The van der Waals surface area contributed by atoms with Gasteiger partial charge in [-0.25, -0.2) is 0 Å². The summed E-state index contributed by atoms with van der Waals surface area (Å²) < 4.78 is 5.06. The number of phenols is 1. The Balaban J connectivity index is 2.11. The zero-order chi connectivity index (χ0) is 13.0. The molecule has 0 aliphatic rings. The average molecular weight is 245 g/mol. The van der Waals surface area contributed by atoms with E-state index in [1.165, 1.54) is 0 Å². The van der Waals surface area contributed by atoms with Gasteiger partial charge in [-0.1, -0.05) is 24.2 Å². The van der Waals surface area contributed by atoms with E-state index in [-0.39, 0.29) is 5.75 Å². The number of anilines is 1. The van der Waals surface area contributed by atoms with Crippen LogP contribution < -0.4 is 5.73 Å². The zero-order valence-electron chi connectivity index (χ0n) is 10.1. The first kappa shape index (κ1) is 12.2. The van der Waals surface area contributed by atoms with Crippen LogP contribution in [0.15, 0.2) is 22.7 Å². The summed E-state index contributed by atoms with van der Waals surface area (Å²) in [5.41, 5.74) is 6.81. The van der Waals surface area contributed by atoms with Crippen LogP contribution >= 0.6 is 0 Å². The van der Waals surface area contributed by atoms with Crippen LogP contribution in [0.25, 0.3) is 12.2 Å². The third-order valence-corrected chi connectivity index (χ3v) is 2.42. The molecule has 18 heavy (non-hydrogen) atoms. The van der Waals surface area contributed by atoms with Gasteiger partial charge in [0.2, 0.25) is 5.89 Å². The summed E-state index contributed by atoms with van der Waals surface area (Å²) in [6, 6.07) is 4.99. The van der Waals surface area contributed by atoms with Crippen LogP contribution in [0.3, 0.4) is 0 Å². The van der Waals surface area contributed by atoms with Crippen molar-refractivity contribution in [3.05, 3.63) is 35.5 Å². The average Bonchev–Trinajstić information content (AvgIpc) is 2.79. The molecule has 0 saturated carbocycles. The molecule has 0 bridgehead atoms. The summed E-state index contributed by atoms with van der Waals surface area (Å²) >= 11 is 0. The van der Waals surface area contributed by atoms with E-state index < -0.39 is 0 Å². The predicted molar refractivity (Wildman–Crippen MR) is 69.7 cm³/mol. The summed E-state index contributed by atoms with van der Waals surface area (Å²) in [7, 11) is 0. The number of nitrogens with zero attached hydrogens (tertiary/aromatic N) is 2. The second-order valence-electron chi connectivity index (χ2n) is 3.95. The molecule has 5 nitrogen and oxygen atoms in total. The van der Waals surface area contributed by atoms with Crippen LogP contribution in [0, 0.1) is 0 Å². The molecule has 5 heteroatoms. The first-order valence-corrected chi connectivity index (χ1v) is 5.78. The van der Waals surface area contributed by atoms with Gasteiger partial charge < -0.3 is 15.4 Å².